The van der Waals surface area contributed by atoms with Crippen molar-refractivity contribution in [3.63, 3.8) is 0 Å². The van der Waals surface area contributed by atoms with Gasteiger partial charge in [0.1, 0.15) is 0 Å². The van der Waals surface area contributed by atoms with E-state index in [0.717, 1.165) is 52.1 Å². The average Bonchev–Trinajstić information content (AvgIpc) is 3.04. The van der Waals surface area contributed by atoms with Crippen LogP contribution in [0.1, 0.15) is 72.8 Å². The van der Waals surface area contributed by atoms with Crippen molar-refractivity contribution < 1.29 is 13.2 Å². The molecule has 3 unspecified atom stereocenters. The van der Waals surface area contributed by atoms with Crippen molar-refractivity contribution in [1.29, 1.82) is 0 Å². The Bertz CT molecular complexity index is 751. The average molecular weight is 498 g/mol. The van der Waals surface area contributed by atoms with Crippen LogP contribution in [0, 0.1) is 24.2 Å². The largest absolute Gasteiger partial charge is 0.394 e. The van der Waals surface area contributed by atoms with Crippen molar-refractivity contribution in [2.24, 2.45) is 17.3 Å². The van der Waals surface area contributed by atoms with Crippen LogP contribution in [0.15, 0.2) is 24.3 Å². The Labute approximate surface area is 213 Å². The predicted octanol–water partition coefficient (Wildman–Crippen LogP) is 7.25. The number of hydrogen-bond acceptors (Lipinski definition) is 3. The molecular formula is C29H50F3N3. The number of alkyl halides is 3. The Morgan fingerprint density at radius 2 is 1.69 bits per heavy atom. The highest BCUT2D eigenvalue weighted by atomic mass is 19.4. The van der Waals surface area contributed by atoms with E-state index in [2.05, 4.69) is 59.7 Å². The summed E-state index contributed by atoms with van der Waals surface area (Å²) in [6.45, 7) is 20.1. The Balaban J connectivity index is 1.96. The zero-order chi connectivity index (χ0) is 26.2. The van der Waals surface area contributed by atoms with Crippen molar-refractivity contribution in [2.75, 3.05) is 50.7 Å². The third-order valence-electron chi connectivity index (χ3n) is 8.27. The molecule has 0 amide bonds. The molecule has 0 aliphatic carbocycles. The fourth-order valence-corrected chi connectivity index (χ4v) is 5.92. The maximum Gasteiger partial charge on any atom is 0.394 e. The van der Waals surface area contributed by atoms with E-state index in [1.165, 1.54) is 18.2 Å². The summed E-state index contributed by atoms with van der Waals surface area (Å²) in [6, 6.07) is 9.01. The van der Waals surface area contributed by atoms with E-state index in [9.17, 15) is 13.2 Å². The van der Waals surface area contributed by atoms with Crippen molar-refractivity contribution in [3.8, 4) is 0 Å². The van der Waals surface area contributed by atoms with Gasteiger partial charge in [-0.25, -0.2) is 0 Å². The molecule has 2 rings (SSSR count). The lowest BCUT2D eigenvalue weighted by atomic mass is 9.69. The van der Waals surface area contributed by atoms with E-state index in [-0.39, 0.29) is 18.3 Å². The normalized spacial score (nSPS) is 19.6. The highest BCUT2D eigenvalue weighted by Gasteiger charge is 2.55. The molecular weight excluding hydrogens is 447 g/mol. The lowest BCUT2D eigenvalue weighted by Crippen LogP contribution is -2.48. The van der Waals surface area contributed by atoms with Gasteiger partial charge >= 0.3 is 6.18 Å². The van der Waals surface area contributed by atoms with Crippen LogP contribution in [0.5, 0.6) is 0 Å². The number of benzene rings is 1. The number of hydrogen-bond donors (Lipinski definition) is 0. The molecule has 1 heterocycles. The molecule has 1 aliphatic heterocycles. The van der Waals surface area contributed by atoms with E-state index in [1.807, 2.05) is 20.8 Å². The van der Waals surface area contributed by atoms with Crippen molar-refractivity contribution in [3.05, 3.63) is 29.8 Å². The van der Waals surface area contributed by atoms with Crippen molar-refractivity contribution in [1.82, 2.24) is 9.80 Å². The topological polar surface area (TPSA) is 9.72 Å². The maximum atomic E-state index is 14.2. The Morgan fingerprint density at radius 3 is 2.26 bits per heavy atom. The molecule has 0 spiro atoms. The van der Waals surface area contributed by atoms with E-state index < -0.39 is 11.6 Å². The number of nitrogens with zero attached hydrogens (tertiary/aromatic N) is 3. The van der Waals surface area contributed by atoms with Crippen LogP contribution < -0.4 is 4.90 Å². The van der Waals surface area contributed by atoms with Gasteiger partial charge in [-0.3, -0.25) is 4.90 Å². The summed E-state index contributed by atoms with van der Waals surface area (Å²) < 4.78 is 42.6. The molecule has 3 nitrogen and oxygen atoms in total. The first-order valence-corrected chi connectivity index (χ1v) is 13.8. The first kappa shape index (κ1) is 30.0. The SMILES string of the molecule is CCC(CN(CC)CCC(C)N1CCCN(c2ccccc2C)CC1)C(C)(CC(C)C)C(F)(F)F. The van der Waals surface area contributed by atoms with Gasteiger partial charge in [-0.15, -0.1) is 0 Å². The number of rotatable bonds is 12. The monoisotopic (exact) mass is 497 g/mol. The Morgan fingerprint density at radius 1 is 1.00 bits per heavy atom. The van der Waals surface area contributed by atoms with Gasteiger partial charge in [-0.2, -0.15) is 13.2 Å². The van der Waals surface area contributed by atoms with Crippen LogP contribution in [-0.2, 0) is 0 Å². The van der Waals surface area contributed by atoms with Gasteiger partial charge in [0.2, 0.25) is 0 Å². The predicted molar refractivity (Wildman–Crippen MR) is 143 cm³/mol. The molecule has 0 bridgehead atoms. The lowest BCUT2D eigenvalue weighted by molar-refractivity contribution is -0.244. The molecule has 202 valence electrons. The number of para-hydroxylation sites is 1. The second-order valence-electron chi connectivity index (χ2n) is 11.3. The zero-order valence-corrected chi connectivity index (χ0v) is 23.3. The van der Waals surface area contributed by atoms with Crippen molar-refractivity contribution >= 4 is 5.69 Å². The van der Waals surface area contributed by atoms with Gasteiger partial charge in [0.25, 0.3) is 0 Å². The summed E-state index contributed by atoms with van der Waals surface area (Å²) >= 11 is 0. The molecule has 0 radical (unpaired) electrons. The molecule has 6 heteroatoms. The number of aryl methyl sites for hydroxylation is 1. The summed E-state index contributed by atoms with van der Waals surface area (Å²) in [4.78, 5) is 7.33. The third-order valence-corrected chi connectivity index (χ3v) is 8.27. The van der Waals surface area contributed by atoms with Gasteiger partial charge in [-0.1, -0.05) is 59.2 Å². The third kappa shape index (κ3) is 8.11. The lowest BCUT2D eigenvalue weighted by Gasteiger charge is -2.42. The van der Waals surface area contributed by atoms with E-state index >= 15 is 0 Å². The van der Waals surface area contributed by atoms with Gasteiger partial charge in [0.05, 0.1) is 5.41 Å². The summed E-state index contributed by atoms with van der Waals surface area (Å²) in [5, 5.41) is 0. The maximum absolute atomic E-state index is 14.2. The second-order valence-corrected chi connectivity index (χ2v) is 11.3. The minimum absolute atomic E-state index is 0.0213. The highest BCUT2D eigenvalue weighted by Crippen LogP contribution is 2.49. The molecule has 0 N–H and O–H groups in total. The molecule has 0 aromatic heterocycles. The van der Waals surface area contributed by atoms with Gasteiger partial charge in [0, 0.05) is 44.5 Å². The van der Waals surface area contributed by atoms with E-state index in [1.54, 1.807) is 0 Å². The minimum atomic E-state index is -4.18. The molecule has 1 aliphatic rings. The Hall–Kier alpha value is -1.27. The molecule has 0 saturated carbocycles. The first-order valence-electron chi connectivity index (χ1n) is 13.8. The molecule has 3 atom stereocenters. The van der Waals surface area contributed by atoms with Gasteiger partial charge in [0.15, 0.2) is 0 Å². The zero-order valence-electron chi connectivity index (χ0n) is 23.3. The Kier molecular flexibility index (Phi) is 11.4. The summed E-state index contributed by atoms with van der Waals surface area (Å²) in [5.41, 5.74) is 1.01. The molecule has 35 heavy (non-hydrogen) atoms. The summed E-state index contributed by atoms with van der Waals surface area (Å²) in [7, 11) is 0. The van der Waals surface area contributed by atoms with Crippen LogP contribution in [0.4, 0.5) is 18.9 Å². The summed E-state index contributed by atoms with van der Waals surface area (Å²) in [6.07, 6.45) is -1.32. The quantitative estimate of drug-likeness (QED) is 0.301. The van der Waals surface area contributed by atoms with Crippen molar-refractivity contribution in [2.45, 2.75) is 86.4 Å². The molecule has 1 aromatic rings. The smallest absolute Gasteiger partial charge is 0.370 e. The van der Waals surface area contributed by atoms with Gasteiger partial charge < -0.3 is 9.80 Å². The minimum Gasteiger partial charge on any atom is -0.370 e. The number of halogens is 3. The first-order chi connectivity index (χ1) is 16.4. The van der Waals surface area contributed by atoms with Crippen LogP contribution in [0.3, 0.4) is 0 Å². The summed E-state index contributed by atoms with van der Waals surface area (Å²) in [5.74, 6) is -0.367. The van der Waals surface area contributed by atoms with Crippen LogP contribution in [-0.4, -0.2) is 67.8 Å². The molecule has 1 aromatic carbocycles. The second kappa shape index (κ2) is 13.3. The van der Waals surface area contributed by atoms with Crippen LogP contribution >= 0.6 is 0 Å². The fourth-order valence-electron chi connectivity index (χ4n) is 5.92. The fraction of sp³-hybridized carbons (Fsp3) is 0.793. The van der Waals surface area contributed by atoms with Crippen LogP contribution in [0.2, 0.25) is 0 Å². The van der Waals surface area contributed by atoms with E-state index in [0.29, 0.717) is 19.0 Å². The number of anilines is 1. The standard InChI is InChI=1S/C29H50F3N3/c1-8-26(28(7,21-23(3)4)29(30,31)32)22-33(9-2)18-15-25(6)34-16-12-17-35(20-19-34)27-14-11-10-13-24(27)5/h10-11,13-14,23,25-26H,8-9,12,15-22H2,1-7H3. The van der Waals surface area contributed by atoms with Crippen LogP contribution in [0.25, 0.3) is 0 Å². The van der Waals surface area contributed by atoms with Gasteiger partial charge in [-0.05, 0) is 69.7 Å². The highest BCUT2D eigenvalue weighted by molar-refractivity contribution is 5.53. The molecule has 1 fully saturated rings. The molecule has 1 saturated heterocycles. The van der Waals surface area contributed by atoms with E-state index in [4.69, 9.17) is 0 Å².